The number of hydrogen-bond donors (Lipinski definition) is 2. The van der Waals surface area contributed by atoms with Crippen molar-refractivity contribution in [3.05, 3.63) is 27.4 Å². The van der Waals surface area contributed by atoms with Crippen LogP contribution in [0.25, 0.3) is 10.6 Å². The first-order valence-corrected chi connectivity index (χ1v) is 12.0. The van der Waals surface area contributed by atoms with Crippen molar-refractivity contribution in [2.24, 2.45) is 5.92 Å². The standard InChI is InChI=1S/C21H26N4O3S2/c1-13-5-8-21(9-6-13)19(27)25(20(28)24-21)11-18(26)22-10-7-15-3-4-17(30-15)16-12-29-14(2)23-16/h3-4,12-13H,5-11H2,1-2H3,(H,22,26)(H,24,28). The molecule has 1 spiro atoms. The van der Waals surface area contributed by atoms with Gasteiger partial charge in [-0.2, -0.15) is 0 Å². The van der Waals surface area contributed by atoms with Crippen LogP contribution in [0.3, 0.4) is 0 Å². The Hall–Kier alpha value is -2.26. The number of aryl methyl sites for hydroxylation is 1. The molecule has 2 aliphatic rings. The number of carbonyl (C=O) groups excluding carboxylic acids is 3. The third-order valence-electron chi connectivity index (χ3n) is 5.90. The zero-order valence-electron chi connectivity index (χ0n) is 17.2. The number of urea groups is 1. The van der Waals surface area contributed by atoms with Crippen molar-refractivity contribution >= 4 is 40.5 Å². The number of thiazole rings is 1. The fraction of sp³-hybridized carbons (Fsp3) is 0.524. The van der Waals surface area contributed by atoms with Crippen LogP contribution in [0.2, 0.25) is 0 Å². The minimum absolute atomic E-state index is 0.226. The Morgan fingerprint density at radius 2 is 2.10 bits per heavy atom. The highest BCUT2D eigenvalue weighted by molar-refractivity contribution is 7.16. The van der Waals surface area contributed by atoms with Crippen molar-refractivity contribution in [2.45, 2.75) is 51.5 Å². The number of rotatable bonds is 6. The molecular formula is C21H26N4O3S2. The van der Waals surface area contributed by atoms with E-state index in [1.165, 1.54) is 0 Å². The molecule has 2 aromatic rings. The molecule has 0 aromatic carbocycles. The van der Waals surface area contributed by atoms with Gasteiger partial charge in [0.25, 0.3) is 5.91 Å². The van der Waals surface area contributed by atoms with Gasteiger partial charge in [0.15, 0.2) is 0 Å². The van der Waals surface area contributed by atoms with E-state index in [9.17, 15) is 14.4 Å². The van der Waals surface area contributed by atoms with Crippen LogP contribution in [0.1, 0.15) is 42.5 Å². The van der Waals surface area contributed by atoms with Crippen LogP contribution in [-0.2, 0) is 16.0 Å². The Morgan fingerprint density at radius 3 is 2.80 bits per heavy atom. The number of carbonyl (C=O) groups is 3. The van der Waals surface area contributed by atoms with Crippen LogP contribution in [0.4, 0.5) is 4.79 Å². The molecule has 0 radical (unpaired) electrons. The van der Waals surface area contributed by atoms with Gasteiger partial charge in [0, 0.05) is 16.8 Å². The van der Waals surface area contributed by atoms with Crippen molar-refractivity contribution in [1.82, 2.24) is 20.5 Å². The molecule has 2 fully saturated rings. The fourth-order valence-corrected chi connectivity index (χ4v) is 5.72. The Morgan fingerprint density at radius 1 is 1.33 bits per heavy atom. The maximum atomic E-state index is 12.8. The van der Waals surface area contributed by atoms with E-state index in [4.69, 9.17) is 0 Å². The molecule has 4 rings (SSSR count). The Bertz CT molecular complexity index is 959. The topological polar surface area (TPSA) is 91.4 Å². The smallest absolute Gasteiger partial charge is 0.325 e. The zero-order chi connectivity index (χ0) is 21.3. The van der Waals surface area contributed by atoms with Gasteiger partial charge in [-0.15, -0.1) is 22.7 Å². The van der Waals surface area contributed by atoms with Gasteiger partial charge in [-0.25, -0.2) is 9.78 Å². The highest BCUT2D eigenvalue weighted by Crippen LogP contribution is 2.36. The number of aromatic nitrogens is 1. The molecule has 3 heterocycles. The molecule has 0 unspecified atom stereocenters. The highest BCUT2D eigenvalue weighted by Gasteiger charge is 2.52. The molecule has 1 saturated carbocycles. The van der Waals surface area contributed by atoms with Gasteiger partial charge in [-0.3, -0.25) is 14.5 Å². The Balaban J connectivity index is 1.27. The minimum atomic E-state index is -0.800. The summed E-state index contributed by atoms with van der Waals surface area (Å²) in [6, 6.07) is 3.64. The van der Waals surface area contributed by atoms with E-state index in [1.807, 2.05) is 24.4 Å². The molecule has 4 amide bonds. The summed E-state index contributed by atoms with van der Waals surface area (Å²) in [6.45, 7) is 4.38. The van der Waals surface area contributed by atoms with Crippen molar-refractivity contribution in [2.75, 3.05) is 13.1 Å². The Labute approximate surface area is 183 Å². The second kappa shape index (κ2) is 8.47. The maximum absolute atomic E-state index is 12.8. The lowest BCUT2D eigenvalue weighted by Gasteiger charge is -2.33. The number of amides is 4. The number of thiophene rings is 1. The van der Waals surface area contributed by atoms with Gasteiger partial charge < -0.3 is 10.6 Å². The largest absolute Gasteiger partial charge is 0.354 e. The average Bonchev–Trinajstić information content (AvgIpc) is 3.40. The molecule has 1 saturated heterocycles. The summed E-state index contributed by atoms with van der Waals surface area (Å²) in [4.78, 5) is 45.3. The summed E-state index contributed by atoms with van der Waals surface area (Å²) >= 11 is 3.29. The zero-order valence-corrected chi connectivity index (χ0v) is 18.8. The van der Waals surface area contributed by atoms with E-state index < -0.39 is 11.6 Å². The molecule has 30 heavy (non-hydrogen) atoms. The third kappa shape index (κ3) is 4.27. The van der Waals surface area contributed by atoms with Gasteiger partial charge in [0.05, 0.1) is 15.6 Å². The minimum Gasteiger partial charge on any atom is -0.354 e. The van der Waals surface area contributed by atoms with Gasteiger partial charge >= 0.3 is 6.03 Å². The summed E-state index contributed by atoms with van der Waals surface area (Å²) in [5.41, 5.74) is 0.188. The normalized spacial score (nSPS) is 23.8. The van der Waals surface area contributed by atoms with E-state index >= 15 is 0 Å². The fourth-order valence-electron chi connectivity index (χ4n) is 4.06. The molecule has 160 valence electrons. The first kappa shape index (κ1) is 21.0. The number of nitrogens with zero attached hydrogens (tertiary/aromatic N) is 2. The second-order valence-electron chi connectivity index (χ2n) is 8.20. The predicted octanol–water partition coefficient (Wildman–Crippen LogP) is 3.34. The summed E-state index contributed by atoms with van der Waals surface area (Å²) in [7, 11) is 0. The maximum Gasteiger partial charge on any atom is 0.325 e. The molecule has 9 heteroatoms. The lowest BCUT2D eigenvalue weighted by molar-refractivity contribution is -0.136. The van der Waals surface area contributed by atoms with Crippen molar-refractivity contribution < 1.29 is 14.4 Å². The molecule has 1 aliphatic heterocycles. The van der Waals surface area contributed by atoms with E-state index in [1.54, 1.807) is 22.7 Å². The summed E-state index contributed by atoms with van der Waals surface area (Å²) in [6.07, 6.45) is 3.82. The van der Waals surface area contributed by atoms with Crippen LogP contribution in [-0.4, -0.2) is 46.4 Å². The molecule has 7 nitrogen and oxygen atoms in total. The monoisotopic (exact) mass is 446 g/mol. The third-order valence-corrected chi connectivity index (χ3v) is 7.84. The van der Waals surface area contributed by atoms with E-state index in [2.05, 4.69) is 22.5 Å². The van der Waals surface area contributed by atoms with Gasteiger partial charge in [0.2, 0.25) is 5.91 Å². The molecule has 0 bridgehead atoms. The molecule has 1 aliphatic carbocycles. The van der Waals surface area contributed by atoms with Crippen LogP contribution >= 0.6 is 22.7 Å². The SMILES string of the molecule is Cc1nc(-c2ccc(CCNC(=O)CN3C(=O)NC4(CCC(C)CC4)C3=O)s2)cs1. The molecule has 2 N–H and O–H groups in total. The lowest BCUT2D eigenvalue weighted by Crippen LogP contribution is -2.50. The van der Waals surface area contributed by atoms with Gasteiger partial charge in [-0.05, 0) is 57.1 Å². The van der Waals surface area contributed by atoms with Crippen molar-refractivity contribution in [3.8, 4) is 10.6 Å². The van der Waals surface area contributed by atoms with Crippen LogP contribution < -0.4 is 10.6 Å². The number of imide groups is 1. The van der Waals surface area contributed by atoms with Crippen molar-refractivity contribution in [3.63, 3.8) is 0 Å². The quantitative estimate of drug-likeness (QED) is 0.666. The number of nitrogens with one attached hydrogen (secondary N) is 2. The summed E-state index contributed by atoms with van der Waals surface area (Å²) in [5, 5.41) is 8.77. The Kier molecular flexibility index (Phi) is 5.92. The van der Waals surface area contributed by atoms with Crippen LogP contribution in [0.5, 0.6) is 0 Å². The first-order valence-electron chi connectivity index (χ1n) is 10.3. The highest BCUT2D eigenvalue weighted by atomic mass is 32.1. The summed E-state index contributed by atoms with van der Waals surface area (Å²) in [5.74, 6) is -0.00220. The van der Waals surface area contributed by atoms with Crippen LogP contribution in [0.15, 0.2) is 17.5 Å². The first-order chi connectivity index (χ1) is 14.4. The second-order valence-corrected chi connectivity index (χ2v) is 10.4. The molecule has 0 atom stereocenters. The molecular weight excluding hydrogens is 420 g/mol. The van der Waals surface area contributed by atoms with Crippen molar-refractivity contribution in [1.29, 1.82) is 0 Å². The predicted molar refractivity (Wildman–Crippen MR) is 117 cm³/mol. The average molecular weight is 447 g/mol. The van der Waals surface area contributed by atoms with E-state index in [0.29, 0.717) is 31.7 Å². The number of hydrogen-bond acceptors (Lipinski definition) is 6. The van der Waals surface area contributed by atoms with Crippen LogP contribution in [0, 0.1) is 12.8 Å². The lowest BCUT2D eigenvalue weighted by atomic mass is 9.77. The van der Waals surface area contributed by atoms with E-state index in [0.717, 1.165) is 38.2 Å². The summed E-state index contributed by atoms with van der Waals surface area (Å²) < 4.78 is 0. The van der Waals surface area contributed by atoms with E-state index in [-0.39, 0.29) is 18.4 Å². The van der Waals surface area contributed by atoms with Gasteiger partial charge in [0.1, 0.15) is 12.1 Å². The van der Waals surface area contributed by atoms with Gasteiger partial charge in [-0.1, -0.05) is 6.92 Å². The molecule has 2 aromatic heterocycles.